The lowest BCUT2D eigenvalue weighted by Crippen LogP contribution is -2.42. The second-order valence-corrected chi connectivity index (χ2v) is 9.34. The van der Waals surface area contributed by atoms with E-state index in [4.69, 9.17) is 11.6 Å². The van der Waals surface area contributed by atoms with Crippen LogP contribution < -0.4 is 9.62 Å². The Labute approximate surface area is 156 Å². The van der Waals surface area contributed by atoms with E-state index in [0.29, 0.717) is 29.0 Å². The summed E-state index contributed by atoms with van der Waals surface area (Å²) in [6.07, 6.45) is 1.87. The summed E-state index contributed by atoms with van der Waals surface area (Å²) < 4.78 is 25.4. The molecule has 0 bridgehead atoms. The van der Waals surface area contributed by atoms with Crippen molar-refractivity contribution < 1.29 is 13.2 Å². The molecule has 0 radical (unpaired) electrons. The predicted octanol–water partition coefficient (Wildman–Crippen LogP) is 3.68. The topological polar surface area (TPSA) is 66.5 Å². The summed E-state index contributed by atoms with van der Waals surface area (Å²) in [5.74, 6) is 0.651. The molecule has 142 valence electrons. The summed E-state index contributed by atoms with van der Waals surface area (Å²) in [4.78, 5) is 12.2. The molecule has 0 saturated heterocycles. The lowest BCUT2D eigenvalue weighted by atomic mass is 9.93. The van der Waals surface area contributed by atoms with Crippen molar-refractivity contribution in [2.24, 2.45) is 11.8 Å². The number of anilines is 1. The van der Waals surface area contributed by atoms with E-state index < -0.39 is 10.0 Å². The zero-order valence-electron chi connectivity index (χ0n) is 15.6. The molecular formula is C18H29ClN2O3S. The number of benzene rings is 1. The monoisotopic (exact) mass is 388 g/mol. The molecule has 1 aromatic rings. The summed E-state index contributed by atoms with van der Waals surface area (Å²) >= 11 is 5.95. The first-order valence-corrected chi connectivity index (χ1v) is 10.8. The molecule has 1 amide bonds. The number of amides is 1. The molecule has 0 heterocycles. The Balaban J connectivity index is 2.68. The fraction of sp³-hybridized carbons (Fsp3) is 0.611. The van der Waals surface area contributed by atoms with E-state index in [9.17, 15) is 13.2 Å². The van der Waals surface area contributed by atoms with E-state index in [1.54, 1.807) is 24.3 Å². The van der Waals surface area contributed by atoms with E-state index in [1.165, 1.54) is 4.31 Å². The number of hydrogen-bond donors (Lipinski definition) is 1. The van der Waals surface area contributed by atoms with Gasteiger partial charge in [-0.2, -0.15) is 0 Å². The first kappa shape index (κ1) is 21.8. The summed E-state index contributed by atoms with van der Waals surface area (Å²) in [6.45, 7) is 8.55. The van der Waals surface area contributed by atoms with Gasteiger partial charge in [0.25, 0.3) is 0 Å². The van der Waals surface area contributed by atoms with Gasteiger partial charge in [0.05, 0.1) is 11.9 Å². The standard InChI is InChI=1S/C18H29ClN2O3S/c1-13(2)18(14(3)4)20-17(22)10-7-11-21(25(5,23)24)16-9-6-8-15(19)12-16/h6,8-9,12-14,18H,7,10-11H2,1-5H3,(H,20,22). The number of carbonyl (C=O) groups is 1. The maximum atomic E-state index is 12.2. The third kappa shape index (κ3) is 7.24. The number of carbonyl (C=O) groups excluding carboxylic acids is 1. The van der Waals surface area contributed by atoms with Gasteiger partial charge in [-0.1, -0.05) is 45.4 Å². The Morgan fingerprint density at radius 2 is 1.80 bits per heavy atom. The number of nitrogens with one attached hydrogen (secondary N) is 1. The molecule has 25 heavy (non-hydrogen) atoms. The molecule has 0 aliphatic rings. The normalized spacial score (nSPS) is 12.0. The molecule has 0 saturated carbocycles. The SMILES string of the molecule is CC(C)C(NC(=O)CCCN(c1cccc(Cl)c1)S(C)(=O)=O)C(C)C. The average Bonchev–Trinajstić information content (AvgIpc) is 2.47. The van der Waals surface area contributed by atoms with Crippen LogP contribution >= 0.6 is 11.6 Å². The molecule has 1 aromatic carbocycles. The van der Waals surface area contributed by atoms with Crippen LogP contribution in [0.1, 0.15) is 40.5 Å². The van der Waals surface area contributed by atoms with Gasteiger partial charge in [-0.05, 0) is 36.5 Å². The highest BCUT2D eigenvalue weighted by atomic mass is 35.5. The fourth-order valence-electron chi connectivity index (χ4n) is 2.86. The van der Waals surface area contributed by atoms with Gasteiger partial charge < -0.3 is 5.32 Å². The minimum absolute atomic E-state index is 0.0491. The lowest BCUT2D eigenvalue weighted by Gasteiger charge is -2.26. The second-order valence-electron chi connectivity index (χ2n) is 7.00. The Morgan fingerprint density at radius 3 is 2.28 bits per heavy atom. The minimum atomic E-state index is -3.44. The molecule has 0 fully saturated rings. The van der Waals surface area contributed by atoms with Crippen LogP contribution in [0.4, 0.5) is 5.69 Å². The number of hydrogen-bond acceptors (Lipinski definition) is 3. The van der Waals surface area contributed by atoms with Crippen molar-refractivity contribution in [2.75, 3.05) is 17.1 Å². The third-order valence-corrected chi connectivity index (χ3v) is 5.45. The van der Waals surface area contributed by atoms with Crippen molar-refractivity contribution in [2.45, 2.75) is 46.6 Å². The maximum Gasteiger partial charge on any atom is 0.232 e. The number of nitrogens with zero attached hydrogens (tertiary/aromatic N) is 1. The van der Waals surface area contributed by atoms with Gasteiger partial charge in [0.15, 0.2) is 0 Å². The first-order chi connectivity index (χ1) is 11.5. The molecule has 0 spiro atoms. The van der Waals surface area contributed by atoms with Crippen molar-refractivity contribution >= 4 is 33.2 Å². The van der Waals surface area contributed by atoms with Crippen LogP contribution in [0.5, 0.6) is 0 Å². The van der Waals surface area contributed by atoms with E-state index in [2.05, 4.69) is 33.0 Å². The molecular weight excluding hydrogens is 360 g/mol. The largest absolute Gasteiger partial charge is 0.353 e. The van der Waals surface area contributed by atoms with Gasteiger partial charge >= 0.3 is 0 Å². The molecule has 0 aliphatic heterocycles. The predicted molar refractivity (Wildman–Crippen MR) is 104 cm³/mol. The summed E-state index contributed by atoms with van der Waals surface area (Å²) in [6, 6.07) is 6.82. The average molecular weight is 389 g/mol. The number of sulfonamides is 1. The Kier molecular flexibility index (Phi) is 8.22. The Hall–Kier alpha value is -1.27. The van der Waals surface area contributed by atoms with E-state index in [1.807, 2.05) is 0 Å². The Bertz CT molecular complexity index is 667. The van der Waals surface area contributed by atoms with Gasteiger partial charge in [-0.3, -0.25) is 9.10 Å². The van der Waals surface area contributed by atoms with Crippen LogP contribution in [0.3, 0.4) is 0 Å². The quantitative estimate of drug-likeness (QED) is 0.701. The van der Waals surface area contributed by atoms with Crippen molar-refractivity contribution in [3.05, 3.63) is 29.3 Å². The molecule has 5 nitrogen and oxygen atoms in total. The van der Waals surface area contributed by atoms with Crippen LogP contribution in [0, 0.1) is 11.8 Å². The van der Waals surface area contributed by atoms with Crippen LogP contribution in [0.25, 0.3) is 0 Å². The maximum absolute atomic E-state index is 12.2. The smallest absolute Gasteiger partial charge is 0.232 e. The van der Waals surface area contributed by atoms with E-state index in [-0.39, 0.29) is 24.9 Å². The fourth-order valence-corrected chi connectivity index (χ4v) is 4.00. The highest BCUT2D eigenvalue weighted by molar-refractivity contribution is 7.92. The molecule has 0 aliphatic carbocycles. The highest BCUT2D eigenvalue weighted by Gasteiger charge is 2.21. The van der Waals surface area contributed by atoms with Crippen molar-refractivity contribution in [1.29, 1.82) is 0 Å². The third-order valence-electron chi connectivity index (χ3n) is 4.03. The summed E-state index contributed by atoms with van der Waals surface area (Å²) in [5.41, 5.74) is 0.512. The van der Waals surface area contributed by atoms with Crippen molar-refractivity contribution in [3.8, 4) is 0 Å². The molecule has 0 aromatic heterocycles. The molecule has 0 atom stereocenters. The summed E-state index contributed by atoms with van der Waals surface area (Å²) in [7, 11) is -3.44. The minimum Gasteiger partial charge on any atom is -0.353 e. The van der Waals surface area contributed by atoms with E-state index >= 15 is 0 Å². The van der Waals surface area contributed by atoms with Gasteiger partial charge in [0.1, 0.15) is 0 Å². The zero-order valence-corrected chi connectivity index (χ0v) is 17.2. The van der Waals surface area contributed by atoms with Gasteiger partial charge in [0, 0.05) is 24.0 Å². The highest BCUT2D eigenvalue weighted by Crippen LogP contribution is 2.22. The molecule has 1 rings (SSSR count). The zero-order chi connectivity index (χ0) is 19.2. The second kappa shape index (κ2) is 9.43. The van der Waals surface area contributed by atoms with Crippen LogP contribution in [0.15, 0.2) is 24.3 Å². The van der Waals surface area contributed by atoms with Crippen molar-refractivity contribution in [1.82, 2.24) is 5.32 Å². The lowest BCUT2D eigenvalue weighted by molar-refractivity contribution is -0.122. The van der Waals surface area contributed by atoms with Crippen molar-refractivity contribution in [3.63, 3.8) is 0 Å². The molecule has 1 N–H and O–H groups in total. The summed E-state index contributed by atoms with van der Waals surface area (Å²) in [5, 5.41) is 3.52. The van der Waals surface area contributed by atoms with E-state index in [0.717, 1.165) is 6.26 Å². The van der Waals surface area contributed by atoms with Gasteiger partial charge in [-0.15, -0.1) is 0 Å². The first-order valence-electron chi connectivity index (χ1n) is 8.55. The van der Waals surface area contributed by atoms with Crippen LogP contribution in [-0.4, -0.2) is 33.2 Å². The van der Waals surface area contributed by atoms with Gasteiger partial charge in [0.2, 0.25) is 15.9 Å². The molecule has 0 unspecified atom stereocenters. The van der Waals surface area contributed by atoms with Crippen LogP contribution in [0.2, 0.25) is 5.02 Å². The van der Waals surface area contributed by atoms with Gasteiger partial charge in [-0.25, -0.2) is 8.42 Å². The van der Waals surface area contributed by atoms with Crippen LogP contribution in [-0.2, 0) is 14.8 Å². The Morgan fingerprint density at radius 1 is 1.20 bits per heavy atom. The number of rotatable bonds is 9. The molecule has 7 heteroatoms. The number of halogens is 1.